The highest BCUT2D eigenvalue weighted by Crippen LogP contribution is 2.18. The fourth-order valence-corrected chi connectivity index (χ4v) is 9.84. The van der Waals surface area contributed by atoms with Crippen LogP contribution in [-0.4, -0.2) is 37.2 Å². The molecule has 0 fully saturated rings. The summed E-state index contributed by atoms with van der Waals surface area (Å²) in [5, 5.41) is 0. The minimum absolute atomic E-state index is 0.103. The summed E-state index contributed by atoms with van der Waals surface area (Å²) in [6.45, 7) is 6.48. The largest absolute Gasteiger partial charge is 0.462 e. The van der Waals surface area contributed by atoms with Gasteiger partial charge in [-0.05, 0) is 77.0 Å². The normalized spacial score (nSPS) is 12.6. The van der Waals surface area contributed by atoms with E-state index in [4.69, 9.17) is 14.2 Å². The Hall–Kier alpha value is -3.41. The average Bonchev–Trinajstić information content (AvgIpc) is 3.45. The zero-order valence-corrected chi connectivity index (χ0v) is 52.4. The summed E-state index contributed by atoms with van der Waals surface area (Å²) in [5.41, 5.74) is 0. The summed E-state index contributed by atoms with van der Waals surface area (Å²) in [6, 6.07) is 0. The van der Waals surface area contributed by atoms with Crippen LogP contribution in [0.3, 0.4) is 0 Å². The van der Waals surface area contributed by atoms with Gasteiger partial charge in [0.05, 0.1) is 6.42 Å². The molecule has 0 aromatic carbocycles. The monoisotopic (exact) mass is 1100 g/mol. The highest BCUT2D eigenvalue weighted by atomic mass is 16.6. The lowest BCUT2D eigenvalue weighted by Gasteiger charge is -2.18. The van der Waals surface area contributed by atoms with Gasteiger partial charge in [0.1, 0.15) is 13.2 Å². The Kier molecular flexibility index (Phi) is 64.2. The molecule has 0 saturated heterocycles. The van der Waals surface area contributed by atoms with Crippen LogP contribution in [0.1, 0.15) is 342 Å². The first-order valence-corrected chi connectivity index (χ1v) is 34.1. The standard InChI is InChI=1S/C73H128O6/c1-4-7-10-13-16-19-22-25-28-30-32-33-34-35-36-37-38-39-41-42-45-48-51-54-57-60-63-66-72(75)78-69-70(68-77-71(74)65-62-59-56-53-50-47-44-27-24-21-18-15-12-9-6-3)79-73(76)67-64-61-58-55-52-49-46-43-40-31-29-26-23-20-17-14-11-8-5-2/h9,12,18,21-22,25,27,30,32,44,50,53,59,62,70H,4-8,10-11,13-17,19-20,23-24,26,28-29,31,33-43,45-49,51-52,54-58,60-61,63-69H2,1-3H3/b12-9-,21-18-,25-22-,32-30-,44-27-,53-50-,62-59-. The van der Waals surface area contributed by atoms with Crippen molar-refractivity contribution in [3.05, 3.63) is 85.1 Å². The Balaban J connectivity index is 4.33. The quantitative estimate of drug-likeness (QED) is 0.0261. The summed E-state index contributed by atoms with van der Waals surface area (Å²) in [6.07, 6.45) is 89.2. The number of carbonyl (C=O) groups excluding carboxylic acids is 3. The van der Waals surface area contributed by atoms with E-state index in [9.17, 15) is 14.4 Å². The third-order valence-electron chi connectivity index (χ3n) is 14.9. The second kappa shape index (κ2) is 67.1. The zero-order chi connectivity index (χ0) is 57.1. The molecule has 0 aromatic rings. The second-order valence-corrected chi connectivity index (χ2v) is 22.7. The van der Waals surface area contributed by atoms with Crippen LogP contribution in [0.4, 0.5) is 0 Å². The van der Waals surface area contributed by atoms with Crippen molar-refractivity contribution >= 4 is 17.9 Å². The number of unbranched alkanes of at least 4 members (excludes halogenated alkanes) is 38. The Bertz CT molecular complexity index is 1500. The van der Waals surface area contributed by atoms with Crippen molar-refractivity contribution in [3.8, 4) is 0 Å². The maximum atomic E-state index is 12.9. The molecule has 79 heavy (non-hydrogen) atoms. The van der Waals surface area contributed by atoms with Gasteiger partial charge in [-0.3, -0.25) is 14.4 Å². The molecule has 1 unspecified atom stereocenters. The molecule has 0 aromatic heterocycles. The molecule has 0 saturated carbocycles. The number of esters is 3. The van der Waals surface area contributed by atoms with Crippen molar-refractivity contribution in [2.75, 3.05) is 13.2 Å². The summed E-state index contributed by atoms with van der Waals surface area (Å²) in [7, 11) is 0. The number of rotatable bonds is 62. The van der Waals surface area contributed by atoms with Crippen LogP contribution in [0.5, 0.6) is 0 Å². The van der Waals surface area contributed by atoms with Crippen LogP contribution in [0.2, 0.25) is 0 Å². The summed E-state index contributed by atoms with van der Waals surface area (Å²) in [4.78, 5) is 38.3. The number of allylic oxidation sites excluding steroid dienone is 13. The summed E-state index contributed by atoms with van der Waals surface area (Å²) < 4.78 is 16.9. The molecule has 6 nitrogen and oxygen atoms in total. The summed E-state index contributed by atoms with van der Waals surface area (Å²) >= 11 is 0. The Morgan fingerprint density at radius 1 is 0.278 bits per heavy atom. The molecule has 0 radical (unpaired) electrons. The predicted molar refractivity (Wildman–Crippen MR) is 344 cm³/mol. The van der Waals surface area contributed by atoms with Crippen LogP contribution >= 0.6 is 0 Å². The van der Waals surface area contributed by atoms with Crippen molar-refractivity contribution in [2.24, 2.45) is 0 Å². The molecule has 6 heteroatoms. The average molecular weight is 1100 g/mol. The lowest BCUT2D eigenvalue weighted by molar-refractivity contribution is -0.166. The first-order chi connectivity index (χ1) is 39.0. The van der Waals surface area contributed by atoms with Crippen molar-refractivity contribution in [1.82, 2.24) is 0 Å². The lowest BCUT2D eigenvalue weighted by Crippen LogP contribution is -2.30. The number of carbonyl (C=O) groups is 3. The molecule has 0 rings (SSSR count). The SMILES string of the molecule is CC/C=C\C/C=C\C/C=C\C/C=C\C/C=C\CC(=O)OCC(COC(=O)CCCCCCCCCCCCCCCCC/C=C\C/C=C\CCCCCCC)OC(=O)CCCCCCCCCCCCCCCCCCCCC. The van der Waals surface area contributed by atoms with E-state index in [1.807, 2.05) is 12.2 Å². The zero-order valence-electron chi connectivity index (χ0n) is 52.4. The van der Waals surface area contributed by atoms with E-state index in [1.54, 1.807) is 0 Å². The van der Waals surface area contributed by atoms with Gasteiger partial charge in [0.25, 0.3) is 0 Å². The van der Waals surface area contributed by atoms with Crippen LogP contribution in [-0.2, 0) is 28.6 Å². The number of ether oxygens (including phenoxy) is 3. The van der Waals surface area contributed by atoms with E-state index in [1.165, 1.54) is 225 Å². The van der Waals surface area contributed by atoms with Crippen molar-refractivity contribution in [2.45, 2.75) is 348 Å². The van der Waals surface area contributed by atoms with E-state index in [0.29, 0.717) is 12.8 Å². The van der Waals surface area contributed by atoms with Crippen LogP contribution in [0, 0.1) is 0 Å². The highest BCUT2D eigenvalue weighted by Gasteiger charge is 2.19. The minimum atomic E-state index is -0.816. The van der Waals surface area contributed by atoms with E-state index < -0.39 is 12.1 Å². The van der Waals surface area contributed by atoms with Gasteiger partial charge in [0.2, 0.25) is 0 Å². The van der Waals surface area contributed by atoms with Gasteiger partial charge in [-0.25, -0.2) is 0 Å². The molecule has 0 aliphatic heterocycles. The number of hydrogen-bond acceptors (Lipinski definition) is 6. The highest BCUT2D eigenvalue weighted by molar-refractivity contribution is 5.72. The molecular weight excluding hydrogens is 973 g/mol. The topological polar surface area (TPSA) is 78.9 Å². The molecule has 0 N–H and O–H groups in total. The molecule has 0 aliphatic rings. The van der Waals surface area contributed by atoms with Gasteiger partial charge in [-0.2, -0.15) is 0 Å². The van der Waals surface area contributed by atoms with Gasteiger partial charge in [0.15, 0.2) is 6.10 Å². The van der Waals surface area contributed by atoms with Crippen LogP contribution in [0.25, 0.3) is 0 Å². The Morgan fingerprint density at radius 2 is 0.544 bits per heavy atom. The predicted octanol–water partition coefficient (Wildman–Crippen LogP) is 23.4. The summed E-state index contributed by atoms with van der Waals surface area (Å²) in [5.74, 6) is -1.02. The Labute approximate surface area is 490 Å². The fourth-order valence-electron chi connectivity index (χ4n) is 9.84. The molecule has 0 spiro atoms. The maximum absolute atomic E-state index is 12.9. The lowest BCUT2D eigenvalue weighted by atomic mass is 10.0. The van der Waals surface area contributed by atoms with Crippen molar-refractivity contribution in [3.63, 3.8) is 0 Å². The molecule has 0 bridgehead atoms. The second-order valence-electron chi connectivity index (χ2n) is 22.7. The number of hydrogen-bond donors (Lipinski definition) is 0. The van der Waals surface area contributed by atoms with Gasteiger partial charge in [-0.1, -0.05) is 331 Å². The Morgan fingerprint density at radius 3 is 0.886 bits per heavy atom. The van der Waals surface area contributed by atoms with Gasteiger partial charge in [0, 0.05) is 12.8 Å². The molecule has 456 valence electrons. The molecular formula is C73H128O6. The van der Waals surface area contributed by atoms with Crippen LogP contribution < -0.4 is 0 Å². The molecule has 0 aliphatic carbocycles. The first-order valence-electron chi connectivity index (χ1n) is 34.1. The first kappa shape index (κ1) is 75.6. The fraction of sp³-hybridized carbons (Fsp3) is 0.767. The van der Waals surface area contributed by atoms with Gasteiger partial charge < -0.3 is 14.2 Å². The van der Waals surface area contributed by atoms with Crippen molar-refractivity contribution in [1.29, 1.82) is 0 Å². The van der Waals surface area contributed by atoms with Gasteiger partial charge >= 0.3 is 17.9 Å². The van der Waals surface area contributed by atoms with E-state index in [0.717, 1.165) is 77.0 Å². The molecule has 0 heterocycles. The third kappa shape index (κ3) is 65.3. The maximum Gasteiger partial charge on any atom is 0.309 e. The van der Waals surface area contributed by atoms with E-state index in [2.05, 4.69) is 93.7 Å². The van der Waals surface area contributed by atoms with E-state index in [-0.39, 0.29) is 31.6 Å². The van der Waals surface area contributed by atoms with Crippen LogP contribution in [0.15, 0.2) is 85.1 Å². The smallest absolute Gasteiger partial charge is 0.309 e. The minimum Gasteiger partial charge on any atom is -0.462 e. The van der Waals surface area contributed by atoms with E-state index >= 15 is 0 Å². The van der Waals surface area contributed by atoms with Crippen molar-refractivity contribution < 1.29 is 28.6 Å². The molecule has 0 amide bonds. The van der Waals surface area contributed by atoms with Gasteiger partial charge in [-0.15, -0.1) is 0 Å². The third-order valence-corrected chi connectivity index (χ3v) is 14.9. The molecule has 1 atom stereocenters.